The zero-order valence-corrected chi connectivity index (χ0v) is 20.5. The first kappa shape index (κ1) is 24.6. The predicted molar refractivity (Wildman–Crippen MR) is 138 cm³/mol. The van der Waals surface area contributed by atoms with Crippen LogP contribution in [0.2, 0.25) is 5.02 Å². The van der Waals surface area contributed by atoms with Crippen LogP contribution < -0.4 is 15.0 Å². The molecule has 0 radical (unpaired) electrons. The first-order chi connectivity index (χ1) is 16.9. The average molecular weight is 512 g/mol. The van der Waals surface area contributed by atoms with Crippen molar-refractivity contribution in [3.63, 3.8) is 0 Å². The molecular weight excluding hydrogens is 489 g/mol. The van der Waals surface area contributed by atoms with Gasteiger partial charge in [-0.15, -0.1) is 0 Å². The topological polar surface area (TPSA) is 61.9 Å². The molecule has 4 rings (SSSR count). The summed E-state index contributed by atoms with van der Waals surface area (Å²) in [6, 6.07) is 19.0. The van der Waals surface area contributed by atoms with Gasteiger partial charge in [-0.3, -0.25) is 14.5 Å². The third kappa shape index (κ3) is 5.61. The molecule has 3 aromatic rings. The van der Waals surface area contributed by atoms with E-state index in [1.165, 1.54) is 11.0 Å². The van der Waals surface area contributed by atoms with Crippen LogP contribution in [0, 0.1) is 5.82 Å². The molecule has 35 heavy (non-hydrogen) atoms. The van der Waals surface area contributed by atoms with E-state index in [1.54, 1.807) is 71.6 Å². The Bertz CT molecular complexity index is 1240. The number of nitrogens with zero attached hydrogens (tertiary/aromatic N) is 2. The molecule has 6 nitrogen and oxygen atoms in total. The average Bonchev–Trinajstić information content (AvgIpc) is 3.06. The summed E-state index contributed by atoms with van der Waals surface area (Å²) in [6.07, 6.45) is -0.162. The summed E-state index contributed by atoms with van der Waals surface area (Å²) in [5.74, 6) is -0.455. The van der Waals surface area contributed by atoms with Crippen LogP contribution in [0.1, 0.15) is 18.9 Å². The monoisotopic (exact) mass is 511 g/mol. The molecule has 2 amide bonds. The number of thiocarbonyl (C=S) groups is 1. The summed E-state index contributed by atoms with van der Waals surface area (Å²) >= 11 is 11.6. The maximum absolute atomic E-state index is 14.4. The van der Waals surface area contributed by atoms with E-state index in [0.29, 0.717) is 34.3 Å². The van der Waals surface area contributed by atoms with Gasteiger partial charge in [-0.25, -0.2) is 4.39 Å². The van der Waals surface area contributed by atoms with Crippen molar-refractivity contribution in [2.45, 2.75) is 25.9 Å². The highest BCUT2D eigenvalue weighted by atomic mass is 35.5. The maximum Gasteiger partial charge on any atom is 0.256 e. The number of ether oxygens (including phenoxy) is 1. The second-order valence-corrected chi connectivity index (χ2v) is 8.68. The van der Waals surface area contributed by atoms with Crippen LogP contribution in [0.5, 0.6) is 5.75 Å². The Balaban J connectivity index is 1.57. The molecule has 1 atom stereocenters. The lowest BCUT2D eigenvalue weighted by molar-refractivity contribution is -0.124. The molecule has 1 heterocycles. The Labute approximate surface area is 213 Å². The van der Waals surface area contributed by atoms with Gasteiger partial charge in [-0.2, -0.15) is 0 Å². The number of nitrogens with one attached hydrogen (secondary N) is 1. The minimum atomic E-state index is -0.902. The Morgan fingerprint density at radius 2 is 1.77 bits per heavy atom. The summed E-state index contributed by atoms with van der Waals surface area (Å²) in [5.41, 5.74) is 1.47. The van der Waals surface area contributed by atoms with E-state index in [1.807, 2.05) is 6.92 Å². The maximum atomic E-state index is 14.4. The Morgan fingerprint density at radius 3 is 2.43 bits per heavy atom. The van der Waals surface area contributed by atoms with Gasteiger partial charge in [-0.05, 0) is 73.7 Å². The third-order valence-electron chi connectivity index (χ3n) is 5.53. The lowest BCUT2D eigenvalue weighted by Gasteiger charge is -2.24. The van der Waals surface area contributed by atoms with Crippen LogP contribution in [0.15, 0.2) is 72.8 Å². The number of carbonyl (C=O) groups is 2. The van der Waals surface area contributed by atoms with E-state index in [-0.39, 0.29) is 29.9 Å². The standard InChI is InChI=1S/C26H23ClFN3O3S/c1-2-34-21-13-9-19(10-14-21)29-24(32)15-23-25(33)31(20-11-7-18(27)8-12-20)26(35)30(23)16-17-5-3-4-6-22(17)28/h3-14,23H,2,15-16H2,1H3,(H,29,32). The Kier molecular flexibility index (Phi) is 7.63. The van der Waals surface area contributed by atoms with E-state index in [4.69, 9.17) is 28.6 Å². The summed E-state index contributed by atoms with van der Waals surface area (Å²) in [5, 5.41) is 3.51. The van der Waals surface area contributed by atoms with Gasteiger partial charge in [-0.1, -0.05) is 29.8 Å². The van der Waals surface area contributed by atoms with Gasteiger partial charge in [0.15, 0.2) is 5.11 Å². The van der Waals surface area contributed by atoms with Gasteiger partial charge in [0.25, 0.3) is 5.91 Å². The highest BCUT2D eigenvalue weighted by Crippen LogP contribution is 2.30. The molecular formula is C26H23ClFN3O3S. The molecule has 0 aliphatic carbocycles. The first-order valence-corrected chi connectivity index (χ1v) is 11.8. The summed E-state index contributed by atoms with van der Waals surface area (Å²) < 4.78 is 19.8. The smallest absolute Gasteiger partial charge is 0.256 e. The number of carbonyl (C=O) groups excluding carboxylic acids is 2. The van der Waals surface area contributed by atoms with E-state index >= 15 is 0 Å². The molecule has 0 saturated carbocycles. The van der Waals surface area contributed by atoms with E-state index in [0.717, 1.165) is 0 Å². The van der Waals surface area contributed by atoms with Crippen molar-refractivity contribution in [2.24, 2.45) is 0 Å². The van der Waals surface area contributed by atoms with Crippen molar-refractivity contribution in [3.8, 4) is 5.75 Å². The minimum Gasteiger partial charge on any atom is -0.494 e. The van der Waals surface area contributed by atoms with Crippen LogP contribution in [-0.2, 0) is 16.1 Å². The lowest BCUT2D eigenvalue weighted by Crippen LogP contribution is -2.37. The van der Waals surface area contributed by atoms with Crippen molar-refractivity contribution >= 4 is 52.1 Å². The van der Waals surface area contributed by atoms with Gasteiger partial charge in [0, 0.05) is 22.8 Å². The fourth-order valence-corrected chi connectivity index (χ4v) is 4.35. The molecule has 1 N–H and O–H groups in total. The van der Waals surface area contributed by atoms with Gasteiger partial charge < -0.3 is 15.0 Å². The summed E-state index contributed by atoms with van der Waals surface area (Å²) in [7, 11) is 0. The van der Waals surface area contributed by atoms with Gasteiger partial charge in [0.05, 0.1) is 18.7 Å². The molecule has 9 heteroatoms. The van der Waals surface area contributed by atoms with Crippen LogP contribution in [0.25, 0.3) is 0 Å². The molecule has 1 aliphatic heterocycles. The molecule has 1 saturated heterocycles. The molecule has 1 unspecified atom stereocenters. The molecule has 0 spiro atoms. The predicted octanol–water partition coefficient (Wildman–Crippen LogP) is 5.41. The quantitative estimate of drug-likeness (QED) is 0.410. The van der Waals surface area contributed by atoms with Crippen LogP contribution in [-0.4, -0.2) is 34.5 Å². The molecule has 0 bridgehead atoms. The van der Waals surface area contributed by atoms with Gasteiger partial charge in [0.1, 0.15) is 17.6 Å². The highest BCUT2D eigenvalue weighted by Gasteiger charge is 2.44. The summed E-state index contributed by atoms with van der Waals surface area (Å²) in [6.45, 7) is 2.47. The Morgan fingerprint density at radius 1 is 1.09 bits per heavy atom. The fourth-order valence-electron chi connectivity index (χ4n) is 3.84. The number of amides is 2. The number of hydrogen-bond acceptors (Lipinski definition) is 4. The van der Waals surface area contributed by atoms with Crippen molar-refractivity contribution in [3.05, 3.63) is 89.2 Å². The second kappa shape index (κ2) is 10.8. The second-order valence-electron chi connectivity index (χ2n) is 7.88. The van der Waals surface area contributed by atoms with Gasteiger partial charge in [0.2, 0.25) is 5.91 Å². The summed E-state index contributed by atoms with van der Waals surface area (Å²) in [4.78, 5) is 29.3. The first-order valence-electron chi connectivity index (χ1n) is 11.0. The SMILES string of the molecule is CCOc1ccc(NC(=O)CC2C(=O)N(c3ccc(Cl)cc3)C(=S)N2Cc2ccccc2F)cc1. The molecule has 1 fully saturated rings. The molecule has 0 aromatic heterocycles. The molecule has 1 aliphatic rings. The van der Waals surface area contributed by atoms with Gasteiger partial charge >= 0.3 is 0 Å². The van der Waals surface area contributed by atoms with Crippen LogP contribution in [0.3, 0.4) is 0 Å². The molecule has 3 aromatic carbocycles. The highest BCUT2D eigenvalue weighted by molar-refractivity contribution is 7.80. The number of hydrogen-bond donors (Lipinski definition) is 1. The molecule has 180 valence electrons. The fraction of sp³-hybridized carbons (Fsp3) is 0.192. The number of anilines is 2. The van der Waals surface area contributed by atoms with Crippen LogP contribution in [0.4, 0.5) is 15.8 Å². The van der Waals surface area contributed by atoms with Crippen molar-refractivity contribution in [2.75, 3.05) is 16.8 Å². The minimum absolute atomic E-state index is 0.0440. The van der Waals surface area contributed by atoms with Crippen molar-refractivity contribution in [1.29, 1.82) is 0 Å². The normalized spacial score (nSPS) is 15.5. The van der Waals surface area contributed by atoms with E-state index < -0.39 is 11.9 Å². The largest absolute Gasteiger partial charge is 0.494 e. The zero-order valence-electron chi connectivity index (χ0n) is 18.9. The Hall–Kier alpha value is -3.49. The van der Waals surface area contributed by atoms with Crippen molar-refractivity contribution < 1.29 is 18.7 Å². The lowest BCUT2D eigenvalue weighted by atomic mass is 10.1. The third-order valence-corrected chi connectivity index (χ3v) is 6.20. The number of halogens is 2. The van der Waals surface area contributed by atoms with Crippen LogP contribution >= 0.6 is 23.8 Å². The van der Waals surface area contributed by atoms with E-state index in [2.05, 4.69) is 5.32 Å². The number of rotatable bonds is 8. The number of benzene rings is 3. The van der Waals surface area contributed by atoms with E-state index in [9.17, 15) is 14.0 Å². The van der Waals surface area contributed by atoms with Crippen molar-refractivity contribution in [1.82, 2.24) is 4.90 Å². The zero-order chi connectivity index (χ0) is 24.9.